The fourth-order valence-corrected chi connectivity index (χ4v) is 3.77. The number of hydrogen-bond acceptors (Lipinski definition) is 6. The summed E-state index contributed by atoms with van der Waals surface area (Å²) in [4.78, 5) is 0.134. The highest BCUT2D eigenvalue weighted by Crippen LogP contribution is 2.22. The molecule has 1 heterocycles. The Labute approximate surface area is 164 Å². The van der Waals surface area contributed by atoms with Crippen molar-refractivity contribution in [2.45, 2.75) is 25.3 Å². The van der Waals surface area contributed by atoms with Crippen LogP contribution in [0.25, 0.3) is 0 Å². The first-order valence-corrected chi connectivity index (χ1v) is 10.2. The Morgan fingerprint density at radius 1 is 0.929 bits per heavy atom. The molecule has 0 spiro atoms. The third kappa shape index (κ3) is 4.58. The van der Waals surface area contributed by atoms with E-state index >= 15 is 0 Å². The highest BCUT2D eigenvalue weighted by molar-refractivity contribution is 7.92. The van der Waals surface area contributed by atoms with E-state index in [2.05, 4.69) is 20.2 Å². The number of methoxy groups -OCH3 is 1. The molecule has 8 heteroatoms. The van der Waals surface area contributed by atoms with E-state index in [1.807, 2.05) is 31.2 Å². The topological polar surface area (TPSA) is 93.2 Å². The maximum Gasteiger partial charge on any atom is 0.263 e. The normalized spacial score (nSPS) is 11.1. The van der Waals surface area contributed by atoms with Crippen molar-refractivity contribution in [3.63, 3.8) is 0 Å². The van der Waals surface area contributed by atoms with Crippen LogP contribution in [-0.4, -0.2) is 25.7 Å². The minimum atomic E-state index is -3.76. The Kier molecular flexibility index (Phi) is 5.79. The lowest BCUT2D eigenvalue weighted by Gasteiger charge is -2.11. The van der Waals surface area contributed by atoms with Crippen LogP contribution in [0.4, 0.5) is 11.6 Å². The van der Waals surface area contributed by atoms with Crippen molar-refractivity contribution in [3.8, 4) is 5.75 Å². The molecule has 0 saturated heterocycles. The lowest BCUT2D eigenvalue weighted by Crippen LogP contribution is -2.15. The number of sulfonamides is 1. The molecule has 0 aliphatic heterocycles. The molecular weight excluding hydrogens is 376 g/mol. The van der Waals surface area contributed by atoms with Gasteiger partial charge in [0, 0.05) is 6.54 Å². The summed E-state index contributed by atoms with van der Waals surface area (Å²) in [6.07, 6.45) is 0. The van der Waals surface area contributed by atoms with Gasteiger partial charge in [0.15, 0.2) is 5.82 Å². The second kappa shape index (κ2) is 8.26. The van der Waals surface area contributed by atoms with Crippen molar-refractivity contribution < 1.29 is 13.2 Å². The molecule has 2 aromatic carbocycles. The van der Waals surface area contributed by atoms with Gasteiger partial charge in [-0.05, 0) is 60.9 Å². The highest BCUT2D eigenvalue weighted by Gasteiger charge is 2.16. The molecule has 2 N–H and O–H groups in total. The van der Waals surface area contributed by atoms with Crippen molar-refractivity contribution in [2.24, 2.45) is 0 Å². The summed E-state index contributed by atoms with van der Waals surface area (Å²) in [6, 6.07) is 16.0. The van der Waals surface area contributed by atoms with E-state index in [1.165, 1.54) is 11.6 Å². The quantitative estimate of drug-likeness (QED) is 0.633. The maximum atomic E-state index is 12.6. The molecule has 0 radical (unpaired) electrons. The summed E-state index contributed by atoms with van der Waals surface area (Å²) in [5.74, 6) is 1.34. The number of ether oxygens (including phenoxy) is 1. The smallest absolute Gasteiger partial charge is 0.263 e. The Balaban J connectivity index is 1.68. The predicted octanol–water partition coefficient (Wildman–Crippen LogP) is 3.51. The van der Waals surface area contributed by atoms with Crippen LogP contribution in [0, 0.1) is 13.8 Å². The van der Waals surface area contributed by atoms with Gasteiger partial charge < -0.3 is 10.1 Å². The molecule has 0 saturated carbocycles. The predicted molar refractivity (Wildman–Crippen MR) is 109 cm³/mol. The summed E-state index contributed by atoms with van der Waals surface area (Å²) in [7, 11) is -2.22. The molecule has 0 amide bonds. The van der Waals surface area contributed by atoms with Crippen molar-refractivity contribution in [1.29, 1.82) is 0 Å². The van der Waals surface area contributed by atoms with Crippen molar-refractivity contribution in [3.05, 3.63) is 71.3 Å². The van der Waals surface area contributed by atoms with Crippen molar-refractivity contribution in [1.82, 2.24) is 10.2 Å². The molecule has 1 aromatic heterocycles. The van der Waals surface area contributed by atoms with E-state index in [-0.39, 0.29) is 10.7 Å². The fraction of sp³-hybridized carbons (Fsp3) is 0.200. The minimum Gasteiger partial charge on any atom is -0.496 e. The van der Waals surface area contributed by atoms with Gasteiger partial charge in [0.05, 0.1) is 12.0 Å². The van der Waals surface area contributed by atoms with E-state index in [4.69, 9.17) is 4.74 Å². The zero-order valence-electron chi connectivity index (χ0n) is 15.9. The monoisotopic (exact) mass is 398 g/mol. The number of nitrogens with zero attached hydrogens (tertiary/aromatic N) is 2. The van der Waals surface area contributed by atoms with Gasteiger partial charge in [-0.2, -0.15) is 0 Å². The molecule has 3 aromatic rings. The van der Waals surface area contributed by atoms with Crippen LogP contribution in [0.2, 0.25) is 0 Å². The van der Waals surface area contributed by atoms with Gasteiger partial charge in [0.2, 0.25) is 0 Å². The Morgan fingerprint density at radius 2 is 1.64 bits per heavy atom. The summed E-state index contributed by atoms with van der Waals surface area (Å²) >= 11 is 0. The number of aromatic nitrogens is 2. The molecule has 0 atom stereocenters. The lowest BCUT2D eigenvalue weighted by atomic mass is 10.1. The minimum absolute atomic E-state index is 0.134. The second-order valence-corrected chi connectivity index (χ2v) is 8.00. The summed E-state index contributed by atoms with van der Waals surface area (Å²) < 4.78 is 32.7. The van der Waals surface area contributed by atoms with Crippen LogP contribution in [0.1, 0.15) is 16.7 Å². The number of benzene rings is 2. The average molecular weight is 398 g/mol. The van der Waals surface area contributed by atoms with Gasteiger partial charge in [-0.3, -0.25) is 4.72 Å². The SMILES string of the molecule is COc1ccc(S(=O)(=O)Nc2ccc(NCc3ccccc3C)nn2)cc1C. The van der Waals surface area contributed by atoms with E-state index in [9.17, 15) is 8.42 Å². The van der Waals surface area contributed by atoms with Crippen molar-refractivity contribution in [2.75, 3.05) is 17.1 Å². The van der Waals surface area contributed by atoms with Gasteiger partial charge in [-0.15, -0.1) is 10.2 Å². The fourth-order valence-electron chi connectivity index (χ4n) is 2.69. The second-order valence-electron chi connectivity index (χ2n) is 6.32. The number of rotatable bonds is 7. The molecular formula is C20H22N4O3S. The average Bonchev–Trinajstić information content (AvgIpc) is 2.68. The first-order valence-electron chi connectivity index (χ1n) is 8.68. The Bertz CT molecular complexity index is 1070. The third-order valence-electron chi connectivity index (χ3n) is 4.30. The summed E-state index contributed by atoms with van der Waals surface area (Å²) in [5.41, 5.74) is 3.07. The van der Waals surface area contributed by atoms with Gasteiger partial charge in [0.1, 0.15) is 11.6 Å². The van der Waals surface area contributed by atoms with Gasteiger partial charge in [-0.1, -0.05) is 24.3 Å². The lowest BCUT2D eigenvalue weighted by molar-refractivity contribution is 0.411. The van der Waals surface area contributed by atoms with Crippen LogP contribution >= 0.6 is 0 Å². The molecule has 146 valence electrons. The van der Waals surface area contributed by atoms with E-state index in [1.54, 1.807) is 38.3 Å². The Morgan fingerprint density at radius 3 is 2.29 bits per heavy atom. The molecule has 0 bridgehead atoms. The first kappa shape index (κ1) is 19.6. The van der Waals surface area contributed by atoms with Gasteiger partial charge >= 0.3 is 0 Å². The van der Waals surface area contributed by atoms with E-state index in [0.29, 0.717) is 18.1 Å². The van der Waals surface area contributed by atoms with Crippen molar-refractivity contribution >= 4 is 21.7 Å². The maximum absolute atomic E-state index is 12.6. The molecule has 0 unspecified atom stereocenters. The zero-order valence-corrected chi connectivity index (χ0v) is 16.7. The van der Waals surface area contributed by atoms with Crippen LogP contribution in [0.15, 0.2) is 59.5 Å². The molecule has 7 nitrogen and oxygen atoms in total. The summed E-state index contributed by atoms with van der Waals surface area (Å²) in [5, 5.41) is 11.2. The van der Waals surface area contributed by atoms with Crippen LogP contribution in [-0.2, 0) is 16.6 Å². The number of nitrogens with one attached hydrogen (secondary N) is 2. The first-order chi connectivity index (χ1) is 13.4. The zero-order chi connectivity index (χ0) is 20.1. The molecule has 0 aliphatic carbocycles. The Hall–Kier alpha value is -3.13. The highest BCUT2D eigenvalue weighted by atomic mass is 32.2. The molecule has 28 heavy (non-hydrogen) atoms. The van der Waals surface area contributed by atoms with Gasteiger partial charge in [0.25, 0.3) is 10.0 Å². The number of aryl methyl sites for hydroxylation is 2. The number of hydrogen-bond donors (Lipinski definition) is 2. The summed E-state index contributed by atoms with van der Waals surface area (Å²) in [6.45, 7) is 4.44. The largest absolute Gasteiger partial charge is 0.496 e. The van der Waals surface area contributed by atoms with E-state index < -0.39 is 10.0 Å². The van der Waals surface area contributed by atoms with E-state index in [0.717, 1.165) is 11.1 Å². The molecule has 0 aliphatic rings. The van der Waals surface area contributed by atoms with Crippen LogP contribution < -0.4 is 14.8 Å². The third-order valence-corrected chi connectivity index (χ3v) is 5.65. The molecule has 0 fully saturated rings. The van der Waals surface area contributed by atoms with Crippen LogP contribution in [0.3, 0.4) is 0 Å². The van der Waals surface area contributed by atoms with Gasteiger partial charge in [-0.25, -0.2) is 8.42 Å². The number of anilines is 2. The standard InChI is InChI=1S/C20H22N4O3S/c1-14-6-4-5-7-16(14)13-21-19-10-11-20(23-22-19)24-28(25,26)17-8-9-18(27-3)15(2)12-17/h4-12H,13H2,1-3H3,(H,21,22)(H,23,24). The molecule has 3 rings (SSSR count). The van der Waals surface area contributed by atoms with Crippen LogP contribution in [0.5, 0.6) is 5.75 Å².